The third-order valence-corrected chi connectivity index (χ3v) is 7.24. The molecule has 1 fully saturated rings. The molecule has 10 heteroatoms. The second kappa shape index (κ2) is 8.59. The van der Waals surface area contributed by atoms with Crippen molar-refractivity contribution in [2.75, 3.05) is 32.8 Å². The van der Waals surface area contributed by atoms with Crippen LogP contribution < -0.4 is 10.9 Å². The van der Waals surface area contributed by atoms with Gasteiger partial charge in [0.25, 0.3) is 0 Å². The maximum absolute atomic E-state index is 13.2. The Hall–Kier alpha value is -2.26. The van der Waals surface area contributed by atoms with Crippen LogP contribution in [0.4, 0.5) is 0 Å². The fourth-order valence-electron chi connectivity index (χ4n) is 4.84. The molecule has 0 bridgehead atoms. The Bertz CT molecular complexity index is 1130. The molecule has 1 unspecified atom stereocenters. The Balaban J connectivity index is 1.43. The lowest BCUT2D eigenvalue weighted by Gasteiger charge is -2.34. The molecule has 32 heavy (non-hydrogen) atoms. The number of ether oxygens (including phenoxy) is 1. The molecule has 0 aliphatic carbocycles. The van der Waals surface area contributed by atoms with Gasteiger partial charge in [0.1, 0.15) is 0 Å². The molecule has 3 aliphatic rings. The molecule has 0 spiro atoms. The van der Waals surface area contributed by atoms with Crippen molar-refractivity contribution in [1.29, 1.82) is 0 Å². The van der Waals surface area contributed by atoms with Crippen molar-refractivity contribution in [1.82, 2.24) is 25.2 Å². The minimum Gasteiger partial charge on any atom is -0.374 e. The number of aromatic nitrogens is 1. The molecule has 1 aromatic heterocycles. The summed E-state index contributed by atoms with van der Waals surface area (Å²) in [6.45, 7) is 5.42. The van der Waals surface area contributed by atoms with Gasteiger partial charge in [-0.05, 0) is 11.6 Å². The molecule has 5 rings (SSSR count). The summed E-state index contributed by atoms with van der Waals surface area (Å²) >= 11 is 12.9. The first-order valence-electron chi connectivity index (χ1n) is 10.8. The van der Waals surface area contributed by atoms with Crippen LogP contribution in [0.25, 0.3) is 16.5 Å². The molecule has 3 aliphatic heterocycles. The van der Waals surface area contributed by atoms with Gasteiger partial charge >= 0.3 is 0 Å². The predicted octanol–water partition coefficient (Wildman–Crippen LogP) is 2.38. The van der Waals surface area contributed by atoms with Crippen molar-refractivity contribution >= 4 is 51.5 Å². The molecule has 1 aromatic carbocycles. The van der Waals surface area contributed by atoms with Crippen LogP contribution in [0.15, 0.2) is 18.3 Å². The Morgan fingerprint density at radius 1 is 1.19 bits per heavy atom. The third-order valence-electron chi connectivity index (χ3n) is 6.44. The third kappa shape index (κ3) is 3.75. The molecule has 1 saturated heterocycles. The lowest BCUT2D eigenvalue weighted by Crippen LogP contribution is -2.47. The van der Waals surface area contributed by atoms with E-state index >= 15 is 0 Å². The molecule has 170 valence electrons. The SMILES string of the molecule is CC(=O)N1CCOC(CC(=O)N2CCn3c(c(C4=CNNC4)c4ccc(Cl)c(Cl)c43)C2)C1. The van der Waals surface area contributed by atoms with Crippen LogP contribution in [0.1, 0.15) is 24.6 Å². The first-order valence-corrected chi connectivity index (χ1v) is 11.5. The van der Waals surface area contributed by atoms with E-state index in [0.717, 1.165) is 27.7 Å². The van der Waals surface area contributed by atoms with E-state index in [4.69, 9.17) is 27.9 Å². The maximum Gasteiger partial charge on any atom is 0.225 e. The number of fused-ring (bicyclic) bond motifs is 3. The fraction of sp³-hybridized carbons (Fsp3) is 0.455. The van der Waals surface area contributed by atoms with Crippen LogP contribution in [-0.2, 0) is 27.4 Å². The molecule has 0 radical (unpaired) electrons. The van der Waals surface area contributed by atoms with Crippen LogP contribution in [0, 0.1) is 0 Å². The Kier molecular flexibility index (Phi) is 5.79. The summed E-state index contributed by atoms with van der Waals surface area (Å²) in [6, 6.07) is 3.82. The van der Waals surface area contributed by atoms with Gasteiger partial charge in [-0.15, -0.1) is 0 Å². The summed E-state index contributed by atoms with van der Waals surface area (Å²) in [5.41, 5.74) is 10.3. The first-order chi connectivity index (χ1) is 15.4. The normalized spacial score (nSPS) is 20.8. The van der Waals surface area contributed by atoms with Crippen LogP contribution in [-0.4, -0.2) is 65.1 Å². The van der Waals surface area contributed by atoms with Crippen LogP contribution >= 0.6 is 23.2 Å². The number of carbonyl (C=O) groups excluding carboxylic acids is 2. The van der Waals surface area contributed by atoms with E-state index in [0.29, 0.717) is 55.9 Å². The minimum atomic E-state index is -0.272. The van der Waals surface area contributed by atoms with Gasteiger partial charge in [-0.25, -0.2) is 5.43 Å². The number of amides is 2. The lowest BCUT2D eigenvalue weighted by atomic mass is 10.0. The number of hydrazine groups is 1. The number of nitrogens with zero attached hydrogens (tertiary/aromatic N) is 3. The van der Waals surface area contributed by atoms with E-state index in [1.165, 1.54) is 0 Å². The number of halogens is 2. The van der Waals surface area contributed by atoms with Crippen molar-refractivity contribution in [2.24, 2.45) is 0 Å². The summed E-state index contributed by atoms with van der Waals surface area (Å²) in [4.78, 5) is 28.5. The Morgan fingerprint density at radius 3 is 2.78 bits per heavy atom. The number of nitrogens with one attached hydrogen (secondary N) is 2. The van der Waals surface area contributed by atoms with Gasteiger partial charge in [-0.2, -0.15) is 0 Å². The van der Waals surface area contributed by atoms with Crippen molar-refractivity contribution < 1.29 is 14.3 Å². The van der Waals surface area contributed by atoms with Crippen molar-refractivity contribution in [3.63, 3.8) is 0 Å². The van der Waals surface area contributed by atoms with Gasteiger partial charge in [-0.1, -0.05) is 29.3 Å². The second-order valence-electron chi connectivity index (χ2n) is 8.38. The van der Waals surface area contributed by atoms with Crippen molar-refractivity contribution in [2.45, 2.75) is 32.5 Å². The van der Waals surface area contributed by atoms with Gasteiger partial charge < -0.3 is 24.5 Å². The number of hydrogen-bond acceptors (Lipinski definition) is 5. The number of hydrogen-bond donors (Lipinski definition) is 2. The molecule has 2 amide bonds. The minimum absolute atomic E-state index is 0.0143. The van der Waals surface area contributed by atoms with Crippen molar-refractivity contribution in [3.8, 4) is 0 Å². The zero-order chi connectivity index (χ0) is 22.4. The Labute approximate surface area is 196 Å². The summed E-state index contributed by atoms with van der Waals surface area (Å²) in [7, 11) is 0. The number of morpholine rings is 1. The predicted molar refractivity (Wildman–Crippen MR) is 123 cm³/mol. The topological polar surface area (TPSA) is 78.8 Å². The van der Waals surface area contributed by atoms with E-state index in [1.54, 1.807) is 11.8 Å². The van der Waals surface area contributed by atoms with Crippen LogP contribution in [0.2, 0.25) is 10.0 Å². The Morgan fingerprint density at radius 2 is 2.03 bits per heavy atom. The number of rotatable bonds is 3. The second-order valence-corrected chi connectivity index (χ2v) is 9.16. The zero-order valence-electron chi connectivity index (χ0n) is 17.8. The van der Waals surface area contributed by atoms with Gasteiger partial charge in [-0.3, -0.25) is 9.59 Å². The fourth-order valence-corrected chi connectivity index (χ4v) is 5.26. The lowest BCUT2D eigenvalue weighted by molar-refractivity contribution is -0.143. The van der Waals surface area contributed by atoms with E-state index in [2.05, 4.69) is 15.4 Å². The summed E-state index contributed by atoms with van der Waals surface area (Å²) in [5, 5.41) is 2.09. The highest BCUT2D eigenvalue weighted by Crippen LogP contribution is 2.40. The number of carbonyl (C=O) groups is 2. The molecule has 8 nitrogen and oxygen atoms in total. The molecule has 2 aromatic rings. The van der Waals surface area contributed by atoms with Gasteiger partial charge in [0, 0.05) is 62.5 Å². The highest BCUT2D eigenvalue weighted by atomic mass is 35.5. The molecular weight excluding hydrogens is 453 g/mol. The summed E-state index contributed by atoms with van der Waals surface area (Å²) < 4.78 is 7.96. The smallest absolute Gasteiger partial charge is 0.225 e. The molecule has 4 heterocycles. The maximum atomic E-state index is 13.2. The molecular formula is C22H25Cl2N5O3. The van der Waals surface area contributed by atoms with E-state index in [-0.39, 0.29) is 24.3 Å². The molecule has 2 N–H and O–H groups in total. The van der Waals surface area contributed by atoms with E-state index in [9.17, 15) is 9.59 Å². The van der Waals surface area contributed by atoms with Crippen LogP contribution in [0.3, 0.4) is 0 Å². The van der Waals surface area contributed by atoms with Crippen molar-refractivity contribution in [3.05, 3.63) is 39.6 Å². The van der Waals surface area contributed by atoms with E-state index in [1.807, 2.05) is 23.2 Å². The van der Waals surface area contributed by atoms with Gasteiger partial charge in [0.15, 0.2) is 0 Å². The highest BCUT2D eigenvalue weighted by molar-refractivity contribution is 6.45. The van der Waals surface area contributed by atoms with Gasteiger partial charge in [0.2, 0.25) is 11.8 Å². The molecule has 0 saturated carbocycles. The monoisotopic (exact) mass is 477 g/mol. The standard InChI is InChI=1S/C22H25Cl2N5O3/c1-13(30)27-6-7-32-15(11-27)8-19(31)28-4-5-29-18(12-28)20(14-9-25-26-10-14)16-2-3-17(23)21(24)22(16)29/h2-3,9,15,25-26H,4-8,10-12H2,1H3. The quantitative estimate of drug-likeness (QED) is 0.709. The highest BCUT2D eigenvalue weighted by Gasteiger charge is 2.32. The largest absolute Gasteiger partial charge is 0.374 e. The average molecular weight is 478 g/mol. The molecule has 1 atom stereocenters. The number of benzene rings is 1. The summed E-state index contributed by atoms with van der Waals surface area (Å²) in [5.74, 6) is 0.0455. The van der Waals surface area contributed by atoms with Gasteiger partial charge in [0.05, 0.1) is 41.2 Å². The first kappa shape index (κ1) is 21.6. The zero-order valence-corrected chi connectivity index (χ0v) is 19.3. The summed E-state index contributed by atoms with van der Waals surface area (Å²) in [6.07, 6.45) is 1.94. The average Bonchev–Trinajstić information content (AvgIpc) is 3.41. The van der Waals surface area contributed by atoms with E-state index < -0.39 is 0 Å². The van der Waals surface area contributed by atoms with Crippen LogP contribution in [0.5, 0.6) is 0 Å².